The molecule has 0 atom stereocenters. The van der Waals surface area contributed by atoms with Crippen LogP contribution >= 0.6 is 11.3 Å². The molecule has 1 N–H and O–H groups in total. The van der Waals surface area contributed by atoms with Crippen molar-refractivity contribution >= 4 is 23.2 Å². The van der Waals surface area contributed by atoms with E-state index in [-0.39, 0.29) is 25.3 Å². The lowest BCUT2D eigenvalue weighted by atomic mass is 10.3. The van der Waals surface area contributed by atoms with Crippen LogP contribution in [0.5, 0.6) is 0 Å². The van der Waals surface area contributed by atoms with Crippen molar-refractivity contribution in [1.29, 1.82) is 0 Å². The first-order chi connectivity index (χ1) is 9.56. The molecule has 2 aromatic heterocycles. The van der Waals surface area contributed by atoms with Gasteiger partial charge in [0.25, 0.3) is 0 Å². The number of aliphatic carboxylic acids is 1. The maximum atomic E-state index is 11.9. The smallest absolute Gasteiger partial charge is 0.305 e. The predicted octanol–water partition coefficient (Wildman–Crippen LogP) is 1.88. The normalized spacial score (nSPS) is 10.4. The zero-order valence-corrected chi connectivity index (χ0v) is 11.7. The lowest BCUT2D eigenvalue weighted by molar-refractivity contribution is -0.138. The van der Waals surface area contributed by atoms with Crippen molar-refractivity contribution in [2.24, 2.45) is 0 Å². The van der Waals surface area contributed by atoms with E-state index in [1.807, 2.05) is 6.07 Å². The van der Waals surface area contributed by atoms with Gasteiger partial charge in [0.2, 0.25) is 5.91 Å². The molecule has 6 nitrogen and oxygen atoms in total. The summed E-state index contributed by atoms with van der Waals surface area (Å²) in [6.07, 6.45) is 1.67. The number of rotatable bonds is 6. The topological polar surface area (TPSA) is 83.6 Å². The second kappa shape index (κ2) is 6.33. The fraction of sp³-hybridized carbons (Fsp3) is 0.308. The van der Waals surface area contributed by atoms with Crippen LogP contribution in [-0.2, 0) is 16.0 Å². The van der Waals surface area contributed by atoms with Crippen LogP contribution in [0.3, 0.4) is 0 Å². The van der Waals surface area contributed by atoms with Crippen LogP contribution in [0.15, 0.2) is 28.2 Å². The van der Waals surface area contributed by atoms with Gasteiger partial charge in [-0.15, -0.1) is 11.3 Å². The molecule has 20 heavy (non-hydrogen) atoms. The third-order valence-corrected chi connectivity index (χ3v) is 3.61. The van der Waals surface area contributed by atoms with Crippen LogP contribution in [0.4, 0.5) is 0 Å². The minimum absolute atomic E-state index is 0.0586. The summed E-state index contributed by atoms with van der Waals surface area (Å²) in [6.45, 7) is 0.198. The van der Waals surface area contributed by atoms with E-state index in [9.17, 15) is 9.59 Å². The van der Waals surface area contributed by atoms with E-state index in [1.165, 1.54) is 16.2 Å². The minimum Gasteiger partial charge on any atom is -0.481 e. The van der Waals surface area contributed by atoms with Crippen molar-refractivity contribution in [1.82, 2.24) is 9.88 Å². The van der Waals surface area contributed by atoms with Gasteiger partial charge in [-0.05, 0) is 12.1 Å². The molecular weight excluding hydrogens is 280 g/mol. The minimum atomic E-state index is -0.918. The first kappa shape index (κ1) is 14.3. The number of thiazole rings is 1. The summed E-state index contributed by atoms with van der Waals surface area (Å²) in [6, 6.07) is 3.59. The van der Waals surface area contributed by atoms with Crippen molar-refractivity contribution in [3.05, 3.63) is 29.5 Å². The molecule has 2 aromatic rings. The van der Waals surface area contributed by atoms with E-state index < -0.39 is 5.97 Å². The van der Waals surface area contributed by atoms with Crippen LogP contribution in [0.1, 0.15) is 12.1 Å². The first-order valence-corrected chi connectivity index (χ1v) is 6.88. The van der Waals surface area contributed by atoms with Gasteiger partial charge in [0.05, 0.1) is 24.8 Å². The Morgan fingerprint density at radius 2 is 2.30 bits per heavy atom. The molecule has 2 rings (SSSR count). The number of nitrogens with zero attached hydrogens (tertiary/aromatic N) is 2. The third-order valence-electron chi connectivity index (χ3n) is 2.70. The number of carbonyl (C=O) groups excluding carboxylic acids is 1. The van der Waals surface area contributed by atoms with Crippen molar-refractivity contribution in [3.8, 4) is 10.8 Å². The lowest BCUT2D eigenvalue weighted by Gasteiger charge is -2.14. The van der Waals surface area contributed by atoms with E-state index in [1.54, 1.807) is 24.8 Å². The summed E-state index contributed by atoms with van der Waals surface area (Å²) >= 11 is 1.41. The lowest BCUT2D eigenvalue weighted by Crippen LogP contribution is -2.30. The molecule has 0 aliphatic rings. The SMILES string of the molecule is CN(CCC(=O)O)C(=O)Cc1csc(-c2ccco2)n1. The number of carboxylic acid groups (broad SMARTS) is 1. The van der Waals surface area contributed by atoms with Gasteiger partial charge in [0.1, 0.15) is 0 Å². The summed E-state index contributed by atoms with van der Waals surface area (Å²) in [4.78, 5) is 28.1. The number of likely N-dealkylation sites (N-methyl/N-ethyl adjacent to an activating group) is 1. The maximum Gasteiger partial charge on any atom is 0.305 e. The van der Waals surface area contributed by atoms with Crippen molar-refractivity contribution in [2.45, 2.75) is 12.8 Å². The Labute approximate surface area is 119 Å². The van der Waals surface area contributed by atoms with E-state index in [4.69, 9.17) is 9.52 Å². The third kappa shape index (κ3) is 3.67. The van der Waals surface area contributed by atoms with Crippen molar-refractivity contribution in [3.63, 3.8) is 0 Å². The van der Waals surface area contributed by atoms with Crippen molar-refractivity contribution < 1.29 is 19.1 Å². The fourth-order valence-electron chi connectivity index (χ4n) is 1.58. The summed E-state index contributed by atoms with van der Waals surface area (Å²) in [5.74, 6) is -0.395. The van der Waals surface area contributed by atoms with Crippen LogP contribution < -0.4 is 0 Å². The molecule has 0 aromatic carbocycles. The first-order valence-electron chi connectivity index (χ1n) is 6.00. The molecule has 0 spiro atoms. The number of carbonyl (C=O) groups is 2. The molecule has 0 radical (unpaired) electrons. The van der Waals surface area contributed by atoms with Crippen LogP contribution in [0.25, 0.3) is 10.8 Å². The molecule has 0 aliphatic heterocycles. The molecule has 0 aliphatic carbocycles. The molecule has 2 heterocycles. The zero-order valence-electron chi connectivity index (χ0n) is 10.9. The number of hydrogen-bond donors (Lipinski definition) is 1. The molecule has 1 amide bonds. The highest BCUT2D eigenvalue weighted by molar-refractivity contribution is 7.13. The van der Waals surface area contributed by atoms with Gasteiger partial charge in [-0.1, -0.05) is 0 Å². The molecular formula is C13H14N2O4S. The standard InChI is InChI=1S/C13H14N2O4S/c1-15(5-4-12(17)18)11(16)7-9-8-20-13(14-9)10-3-2-6-19-10/h2-3,6,8H,4-5,7H2,1H3,(H,17,18). The maximum absolute atomic E-state index is 11.9. The average molecular weight is 294 g/mol. The van der Waals surface area contributed by atoms with Gasteiger partial charge in [-0.25, -0.2) is 4.98 Å². The quantitative estimate of drug-likeness (QED) is 0.879. The molecule has 106 valence electrons. The Kier molecular flexibility index (Phi) is 4.52. The van der Waals surface area contributed by atoms with Crippen molar-refractivity contribution in [2.75, 3.05) is 13.6 Å². The molecule has 0 unspecified atom stereocenters. The second-order valence-corrected chi connectivity index (χ2v) is 5.12. The van der Waals surface area contributed by atoms with Gasteiger partial charge in [-0.2, -0.15) is 0 Å². The highest BCUT2D eigenvalue weighted by Crippen LogP contribution is 2.24. The van der Waals surface area contributed by atoms with Gasteiger partial charge in [0.15, 0.2) is 10.8 Å². The van der Waals surface area contributed by atoms with Crippen LogP contribution in [0.2, 0.25) is 0 Å². The number of furan rings is 1. The molecule has 0 fully saturated rings. The van der Waals surface area contributed by atoms with Gasteiger partial charge < -0.3 is 14.4 Å². The number of aromatic nitrogens is 1. The van der Waals surface area contributed by atoms with Crippen LogP contribution in [0, 0.1) is 0 Å². The monoisotopic (exact) mass is 294 g/mol. The summed E-state index contributed by atoms with van der Waals surface area (Å²) in [5, 5.41) is 11.1. The predicted molar refractivity (Wildman–Crippen MR) is 73.4 cm³/mol. The van der Waals surface area contributed by atoms with Gasteiger partial charge >= 0.3 is 5.97 Å². The van der Waals surface area contributed by atoms with E-state index in [0.29, 0.717) is 11.5 Å². The van der Waals surface area contributed by atoms with Crippen LogP contribution in [-0.4, -0.2) is 40.5 Å². The molecule has 7 heteroatoms. The average Bonchev–Trinajstić information content (AvgIpc) is 3.05. The van der Waals surface area contributed by atoms with E-state index in [2.05, 4.69) is 4.98 Å². The summed E-state index contributed by atoms with van der Waals surface area (Å²) in [5.41, 5.74) is 0.661. The van der Waals surface area contributed by atoms with E-state index >= 15 is 0 Å². The summed E-state index contributed by atoms with van der Waals surface area (Å²) in [7, 11) is 1.59. The Bertz CT molecular complexity index is 591. The number of amides is 1. The number of carboxylic acids is 1. The Morgan fingerprint density at radius 1 is 1.50 bits per heavy atom. The number of hydrogen-bond acceptors (Lipinski definition) is 5. The Balaban J connectivity index is 1.93. The van der Waals surface area contributed by atoms with E-state index in [0.717, 1.165) is 5.01 Å². The largest absolute Gasteiger partial charge is 0.481 e. The Morgan fingerprint density at radius 3 is 2.95 bits per heavy atom. The summed E-state index contributed by atoms with van der Waals surface area (Å²) < 4.78 is 5.24. The molecule has 0 saturated carbocycles. The highest BCUT2D eigenvalue weighted by Gasteiger charge is 2.14. The van der Waals surface area contributed by atoms with Gasteiger partial charge in [-0.3, -0.25) is 9.59 Å². The molecule has 0 saturated heterocycles. The van der Waals surface area contributed by atoms with Gasteiger partial charge in [0, 0.05) is 19.0 Å². The molecule has 0 bridgehead atoms. The highest BCUT2D eigenvalue weighted by atomic mass is 32.1. The Hall–Kier alpha value is -2.15. The fourth-order valence-corrected chi connectivity index (χ4v) is 2.37. The second-order valence-electron chi connectivity index (χ2n) is 4.26. The zero-order chi connectivity index (χ0) is 14.5.